The van der Waals surface area contributed by atoms with Crippen LogP contribution in [0.25, 0.3) is 0 Å². The first kappa shape index (κ1) is 6.56. The van der Waals surface area contributed by atoms with Gasteiger partial charge in [-0.2, -0.15) is 0 Å². The van der Waals surface area contributed by atoms with E-state index in [1.807, 2.05) is 13.3 Å². The normalized spacial score (nSPS) is 8.00. The van der Waals surface area contributed by atoms with Crippen LogP contribution in [0, 0.1) is 24.2 Å². The van der Waals surface area contributed by atoms with Crippen molar-refractivity contribution >= 4 is 0 Å². The number of hydrogen-bond acceptors (Lipinski definition) is 0. The molecule has 7 heavy (non-hydrogen) atoms. The van der Waals surface area contributed by atoms with E-state index < -0.39 is 0 Å². The quantitative estimate of drug-likeness (QED) is 0.436. The van der Waals surface area contributed by atoms with E-state index >= 15 is 0 Å². The molecule has 0 aliphatic rings. The summed E-state index contributed by atoms with van der Waals surface area (Å²) < 4.78 is 0. The Morgan fingerprint density at radius 3 is 2.14 bits per heavy atom. The second kappa shape index (κ2) is 3.74. The Hall–Kier alpha value is -0.440. The van der Waals surface area contributed by atoms with Crippen LogP contribution < -0.4 is 0 Å². The van der Waals surface area contributed by atoms with Crippen molar-refractivity contribution < 1.29 is 0 Å². The second-order valence-electron chi connectivity index (χ2n) is 1.81. The van der Waals surface area contributed by atoms with Gasteiger partial charge in [-0.15, -0.1) is 5.92 Å². The maximum atomic E-state index is 2.87. The van der Waals surface area contributed by atoms with E-state index in [1.165, 1.54) is 0 Å². The summed E-state index contributed by atoms with van der Waals surface area (Å²) >= 11 is 0. The molecule has 0 fully saturated rings. The summed E-state index contributed by atoms with van der Waals surface area (Å²) in [4.78, 5) is 0. The van der Waals surface area contributed by atoms with Crippen LogP contribution in [-0.2, 0) is 0 Å². The van der Waals surface area contributed by atoms with Gasteiger partial charge in [-0.1, -0.05) is 19.8 Å². The van der Waals surface area contributed by atoms with Gasteiger partial charge < -0.3 is 0 Å². The average molecular weight is 95.2 g/mol. The Morgan fingerprint density at radius 1 is 1.43 bits per heavy atom. The molecule has 0 aliphatic heterocycles. The lowest BCUT2D eigenvalue weighted by molar-refractivity contribution is 0.792. The minimum atomic E-state index is 0.604. The van der Waals surface area contributed by atoms with E-state index in [1.54, 1.807) is 0 Å². The highest BCUT2D eigenvalue weighted by molar-refractivity contribution is 5.08. The van der Waals surface area contributed by atoms with Crippen molar-refractivity contribution in [2.24, 2.45) is 5.92 Å². The molecule has 0 saturated heterocycles. The Morgan fingerprint density at radius 2 is 2.00 bits per heavy atom. The predicted octanol–water partition coefficient (Wildman–Crippen LogP) is 1.87. The number of hydrogen-bond donors (Lipinski definition) is 0. The van der Waals surface area contributed by atoms with Gasteiger partial charge in [0.05, 0.1) is 0 Å². The molecule has 0 saturated carbocycles. The van der Waals surface area contributed by atoms with E-state index in [9.17, 15) is 0 Å². The summed E-state index contributed by atoms with van der Waals surface area (Å²) in [5, 5.41) is 0. The van der Waals surface area contributed by atoms with Crippen molar-refractivity contribution in [1.82, 2.24) is 0 Å². The highest BCUT2D eigenvalue weighted by atomic mass is 13.9. The molecular formula is C7H11. The Bertz CT molecular complexity index is 79.9. The van der Waals surface area contributed by atoms with Crippen LogP contribution in [0.3, 0.4) is 0 Å². The average Bonchev–Trinajstić information content (AvgIpc) is 1.61. The van der Waals surface area contributed by atoms with E-state index in [0.29, 0.717) is 5.92 Å². The smallest absolute Gasteiger partial charge is 0.0365 e. The van der Waals surface area contributed by atoms with Crippen LogP contribution in [0.2, 0.25) is 0 Å². The topological polar surface area (TPSA) is 0 Å². The molecule has 0 nitrogen and oxygen atoms in total. The summed E-state index contributed by atoms with van der Waals surface area (Å²) in [6.07, 6.45) is 1.99. The lowest BCUT2D eigenvalue weighted by Gasteiger charge is -1.90. The van der Waals surface area contributed by atoms with Crippen LogP contribution in [0.1, 0.15) is 20.8 Å². The fraction of sp³-hybridized carbons (Fsp3) is 0.571. The van der Waals surface area contributed by atoms with Gasteiger partial charge in [-0.05, 0) is 12.8 Å². The van der Waals surface area contributed by atoms with Crippen molar-refractivity contribution in [1.29, 1.82) is 0 Å². The van der Waals surface area contributed by atoms with Crippen molar-refractivity contribution in [3.63, 3.8) is 0 Å². The maximum absolute atomic E-state index is 2.87. The molecule has 39 valence electrons. The predicted molar refractivity (Wildman–Crippen MR) is 32.6 cm³/mol. The third-order valence-electron chi connectivity index (χ3n) is 0.561. The first-order chi connectivity index (χ1) is 3.27. The first-order valence-electron chi connectivity index (χ1n) is 2.53. The third-order valence-corrected chi connectivity index (χ3v) is 0.561. The largest absolute Gasteiger partial charge is 0.106 e. The Labute approximate surface area is 45.9 Å². The SMILES string of the molecule is CC#C[CH]C(C)C. The Kier molecular flexibility index (Phi) is 3.50. The molecule has 0 aliphatic carbocycles. The highest BCUT2D eigenvalue weighted by Gasteiger charge is 1.84. The molecule has 0 heteroatoms. The molecule has 0 heterocycles. The lowest BCUT2D eigenvalue weighted by atomic mass is 10.1. The molecule has 0 aromatic carbocycles. The molecule has 0 amide bonds. The van der Waals surface area contributed by atoms with E-state index in [0.717, 1.165) is 0 Å². The zero-order chi connectivity index (χ0) is 5.70. The minimum Gasteiger partial charge on any atom is -0.106 e. The van der Waals surface area contributed by atoms with E-state index in [-0.39, 0.29) is 0 Å². The van der Waals surface area contributed by atoms with Gasteiger partial charge in [0.2, 0.25) is 0 Å². The molecule has 0 aromatic heterocycles. The van der Waals surface area contributed by atoms with Crippen molar-refractivity contribution in [3.8, 4) is 11.8 Å². The van der Waals surface area contributed by atoms with Gasteiger partial charge in [-0.25, -0.2) is 0 Å². The van der Waals surface area contributed by atoms with Gasteiger partial charge in [0, 0.05) is 6.42 Å². The fourth-order valence-corrected chi connectivity index (χ4v) is 0.250. The standard InChI is InChI=1S/C7H11/c1-4-5-6-7(2)3/h6-7H,1-3H3. The van der Waals surface area contributed by atoms with Gasteiger partial charge >= 0.3 is 0 Å². The molecular weight excluding hydrogens is 84.1 g/mol. The zero-order valence-corrected chi connectivity index (χ0v) is 5.15. The summed E-state index contributed by atoms with van der Waals surface area (Å²) in [6, 6.07) is 0. The van der Waals surface area contributed by atoms with Crippen LogP contribution in [0.15, 0.2) is 0 Å². The molecule has 0 bridgehead atoms. The molecule has 1 radical (unpaired) electrons. The summed E-state index contributed by atoms with van der Waals surface area (Å²) in [5.74, 6) is 6.27. The second-order valence-corrected chi connectivity index (χ2v) is 1.81. The molecule has 0 unspecified atom stereocenters. The molecule has 0 atom stereocenters. The van der Waals surface area contributed by atoms with Crippen molar-refractivity contribution in [2.45, 2.75) is 20.8 Å². The summed E-state index contributed by atoms with van der Waals surface area (Å²) in [7, 11) is 0. The Balaban J connectivity index is 3.08. The first-order valence-corrected chi connectivity index (χ1v) is 2.53. The highest BCUT2D eigenvalue weighted by Crippen LogP contribution is 1.93. The molecule has 0 N–H and O–H groups in total. The van der Waals surface area contributed by atoms with Crippen molar-refractivity contribution in [2.75, 3.05) is 0 Å². The zero-order valence-electron chi connectivity index (χ0n) is 5.15. The van der Waals surface area contributed by atoms with Crippen LogP contribution in [-0.4, -0.2) is 0 Å². The van der Waals surface area contributed by atoms with Crippen LogP contribution in [0.5, 0.6) is 0 Å². The van der Waals surface area contributed by atoms with Crippen LogP contribution in [0.4, 0.5) is 0 Å². The monoisotopic (exact) mass is 95.1 g/mol. The van der Waals surface area contributed by atoms with Gasteiger partial charge in [0.15, 0.2) is 0 Å². The molecule has 0 aromatic rings. The van der Waals surface area contributed by atoms with E-state index in [2.05, 4.69) is 25.7 Å². The van der Waals surface area contributed by atoms with Gasteiger partial charge in [0.25, 0.3) is 0 Å². The van der Waals surface area contributed by atoms with Crippen molar-refractivity contribution in [3.05, 3.63) is 6.42 Å². The minimum absolute atomic E-state index is 0.604. The summed E-state index contributed by atoms with van der Waals surface area (Å²) in [6.45, 7) is 6.08. The van der Waals surface area contributed by atoms with Gasteiger partial charge in [0.1, 0.15) is 0 Å². The van der Waals surface area contributed by atoms with E-state index in [4.69, 9.17) is 0 Å². The maximum Gasteiger partial charge on any atom is 0.0365 e. The lowest BCUT2D eigenvalue weighted by Crippen LogP contribution is -1.81. The van der Waals surface area contributed by atoms with Gasteiger partial charge in [-0.3, -0.25) is 0 Å². The molecule has 0 rings (SSSR count). The number of rotatable bonds is 1. The molecule has 0 spiro atoms. The summed E-state index contributed by atoms with van der Waals surface area (Å²) in [5.41, 5.74) is 0. The fourth-order valence-electron chi connectivity index (χ4n) is 0.250. The third kappa shape index (κ3) is 5.56. The van der Waals surface area contributed by atoms with Crippen LogP contribution >= 0.6 is 0 Å².